The topological polar surface area (TPSA) is 50.3 Å². The van der Waals surface area contributed by atoms with Crippen LogP contribution in [0.25, 0.3) is 0 Å². The molecule has 1 aliphatic heterocycles. The van der Waals surface area contributed by atoms with E-state index >= 15 is 0 Å². The van der Waals surface area contributed by atoms with Crippen LogP contribution in [0.15, 0.2) is 42.7 Å². The molecule has 0 atom stereocenters. The average Bonchev–Trinajstić information content (AvgIpc) is 2.64. The zero-order chi connectivity index (χ0) is 12.7. The van der Waals surface area contributed by atoms with E-state index < -0.39 is 0 Å². The van der Waals surface area contributed by atoms with Crippen LogP contribution >= 0.6 is 0 Å². The van der Waals surface area contributed by atoms with Gasteiger partial charge in [0.25, 0.3) is 11.8 Å². The van der Waals surface area contributed by atoms with Gasteiger partial charge in [-0.15, -0.1) is 0 Å². The fraction of sp³-hybridized carbons (Fsp3) is 0.0714. The first-order chi connectivity index (χ1) is 8.70. The Kier molecular flexibility index (Phi) is 2.23. The van der Waals surface area contributed by atoms with Gasteiger partial charge in [-0.1, -0.05) is 18.2 Å². The molecule has 0 N–H and O–H groups in total. The van der Waals surface area contributed by atoms with Crippen LogP contribution in [0.5, 0.6) is 0 Å². The third kappa shape index (κ3) is 1.35. The molecule has 88 valence electrons. The average molecular weight is 238 g/mol. The van der Waals surface area contributed by atoms with E-state index in [0.717, 1.165) is 5.56 Å². The molecule has 2 heterocycles. The highest BCUT2D eigenvalue weighted by molar-refractivity contribution is 6.34. The summed E-state index contributed by atoms with van der Waals surface area (Å²) in [6.45, 7) is 1.87. The molecule has 0 saturated carbocycles. The predicted octanol–water partition coefficient (Wildman–Crippen LogP) is 2.19. The Bertz CT molecular complexity index is 629. The molecule has 2 aromatic rings. The molecule has 18 heavy (non-hydrogen) atoms. The van der Waals surface area contributed by atoms with Gasteiger partial charge in [-0.05, 0) is 24.6 Å². The number of carbonyl (C=O) groups is 2. The first-order valence-electron chi connectivity index (χ1n) is 5.58. The van der Waals surface area contributed by atoms with Gasteiger partial charge < -0.3 is 0 Å². The lowest BCUT2D eigenvalue weighted by molar-refractivity contribution is 0.0926. The minimum atomic E-state index is -0.308. The van der Waals surface area contributed by atoms with Crippen molar-refractivity contribution in [2.75, 3.05) is 4.90 Å². The van der Waals surface area contributed by atoms with Gasteiger partial charge in [0.05, 0.1) is 16.8 Å². The number of para-hydroxylation sites is 1. The monoisotopic (exact) mass is 238 g/mol. The van der Waals surface area contributed by atoms with E-state index in [-0.39, 0.29) is 11.8 Å². The second-order valence-corrected chi connectivity index (χ2v) is 4.15. The summed E-state index contributed by atoms with van der Waals surface area (Å²) in [5.41, 5.74) is 2.30. The van der Waals surface area contributed by atoms with E-state index in [1.54, 1.807) is 12.1 Å². The molecule has 0 aliphatic carbocycles. The molecule has 1 aromatic heterocycles. The molecule has 2 amide bonds. The van der Waals surface area contributed by atoms with Crippen LogP contribution in [-0.2, 0) is 0 Å². The second-order valence-electron chi connectivity index (χ2n) is 4.15. The van der Waals surface area contributed by atoms with Crippen molar-refractivity contribution in [3.63, 3.8) is 0 Å². The van der Waals surface area contributed by atoms with Crippen molar-refractivity contribution >= 4 is 17.5 Å². The highest BCUT2D eigenvalue weighted by atomic mass is 16.2. The van der Waals surface area contributed by atoms with Crippen molar-refractivity contribution in [1.82, 2.24) is 4.98 Å². The number of nitrogens with zero attached hydrogens (tertiary/aromatic N) is 2. The van der Waals surface area contributed by atoms with Gasteiger partial charge in [-0.2, -0.15) is 0 Å². The Morgan fingerprint density at radius 1 is 1.00 bits per heavy atom. The van der Waals surface area contributed by atoms with Crippen molar-refractivity contribution in [1.29, 1.82) is 0 Å². The number of anilines is 1. The minimum absolute atomic E-state index is 0.285. The summed E-state index contributed by atoms with van der Waals surface area (Å²) in [4.78, 5) is 29.6. The van der Waals surface area contributed by atoms with Crippen molar-refractivity contribution < 1.29 is 9.59 Å². The van der Waals surface area contributed by atoms with Crippen LogP contribution in [0.1, 0.15) is 26.3 Å². The SMILES string of the molecule is Cc1ccccc1N1C(=O)c2ccncc2C1=O. The summed E-state index contributed by atoms with van der Waals surface area (Å²) in [7, 11) is 0. The van der Waals surface area contributed by atoms with Crippen LogP contribution in [0.2, 0.25) is 0 Å². The number of aryl methyl sites for hydroxylation is 1. The molecule has 4 heteroatoms. The van der Waals surface area contributed by atoms with Gasteiger partial charge >= 0.3 is 0 Å². The normalized spacial score (nSPS) is 13.9. The third-order valence-electron chi connectivity index (χ3n) is 3.04. The van der Waals surface area contributed by atoms with Crippen LogP contribution in [-0.4, -0.2) is 16.8 Å². The summed E-state index contributed by atoms with van der Waals surface area (Å²) in [6.07, 6.45) is 2.96. The summed E-state index contributed by atoms with van der Waals surface area (Å²) in [5.74, 6) is -0.593. The Morgan fingerprint density at radius 2 is 1.72 bits per heavy atom. The third-order valence-corrected chi connectivity index (χ3v) is 3.04. The Morgan fingerprint density at radius 3 is 2.44 bits per heavy atom. The Balaban J connectivity index is 2.16. The summed E-state index contributed by atoms with van der Waals surface area (Å²) < 4.78 is 0. The number of imide groups is 1. The standard InChI is InChI=1S/C14H10N2O2/c1-9-4-2-3-5-12(9)16-13(17)10-6-7-15-8-11(10)14(16)18/h2-8H,1H3. The highest BCUT2D eigenvalue weighted by Crippen LogP contribution is 2.29. The van der Waals surface area contributed by atoms with Crippen LogP contribution in [0.3, 0.4) is 0 Å². The van der Waals surface area contributed by atoms with E-state index in [9.17, 15) is 9.59 Å². The van der Waals surface area contributed by atoms with Crippen molar-refractivity contribution in [2.45, 2.75) is 6.92 Å². The number of aromatic nitrogens is 1. The molecule has 3 rings (SSSR count). The maximum atomic E-state index is 12.2. The highest BCUT2D eigenvalue weighted by Gasteiger charge is 2.37. The van der Waals surface area contributed by atoms with Crippen molar-refractivity contribution in [3.05, 3.63) is 59.4 Å². The summed E-state index contributed by atoms with van der Waals surface area (Å²) >= 11 is 0. The number of hydrogen-bond donors (Lipinski definition) is 0. The summed E-state index contributed by atoms with van der Waals surface area (Å²) in [6, 6.07) is 8.90. The van der Waals surface area contributed by atoms with Gasteiger partial charge in [-0.25, -0.2) is 4.90 Å². The summed E-state index contributed by atoms with van der Waals surface area (Å²) in [5, 5.41) is 0. The quantitative estimate of drug-likeness (QED) is 0.715. The second kappa shape index (κ2) is 3.77. The smallest absolute Gasteiger partial charge is 0.267 e. The Labute approximate surface area is 104 Å². The molecular formula is C14H10N2O2. The molecule has 0 bridgehead atoms. The zero-order valence-corrected chi connectivity index (χ0v) is 9.75. The molecule has 1 aliphatic rings. The molecular weight excluding hydrogens is 228 g/mol. The number of pyridine rings is 1. The molecule has 0 saturated heterocycles. The number of benzene rings is 1. The maximum absolute atomic E-state index is 12.2. The van der Waals surface area contributed by atoms with Crippen LogP contribution in [0, 0.1) is 6.92 Å². The van der Waals surface area contributed by atoms with E-state index in [1.807, 2.05) is 25.1 Å². The molecule has 0 spiro atoms. The zero-order valence-electron chi connectivity index (χ0n) is 9.75. The Hall–Kier alpha value is -2.49. The largest absolute Gasteiger partial charge is 0.268 e. The lowest BCUT2D eigenvalue weighted by Crippen LogP contribution is -2.29. The fourth-order valence-corrected chi connectivity index (χ4v) is 2.12. The van der Waals surface area contributed by atoms with Gasteiger partial charge in [0.1, 0.15) is 0 Å². The molecule has 1 aromatic carbocycles. The lowest BCUT2D eigenvalue weighted by Gasteiger charge is -2.16. The van der Waals surface area contributed by atoms with Crippen LogP contribution < -0.4 is 4.90 Å². The fourth-order valence-electron chi connectivity index (χ4n) is 2.12. The number of amides is 2. The van der Waals surface area contributed by atoms with Crippen molar-refractivity contribution in [2.24, 2.45) is 0 Å². The molecule has 4 nitrogen and oxygen atoms in total. The van der Waals surface area contributed by atoms with Gasteiger partial charge in [0, 0.05) is 12.4 Å². The number of hydrogen-bond acceptors (Lipinski definition) is 3. The minimum Gasteiger partial charge on any atom is -0.268 e. The number of carbonyl (C=O) groups excluding carboxylic acids is 2. The van der Waals surface area contributed by atoms with E-state index in [4.69, 9.17) is 0 Å². The van der Waals surface area contributed by atoms with Gasteiger partial charge in [-0.3, -0.25) is 14.6 Å². The van der Waals surface area contributed by atoms with E-state index in [0.29, 0.717) is 16.8 Å². The van der Waals surface area contributed by atoms with Gasteiger partial charge in [0.2, 0.25) is 0 Å². The van der Waals surface area contributed by atoms with E-state index in [2.05, 4.69) is 4.98 Å². The van der Waals surface area contributed by atoms with Gasteiger partial charge in [0.15, 0.2) is 0 Å². The first kappa shape index (κ1) is 10.7. The lowest BCUT2D eigenvalue weighted by atomic mass is 10.2. The molecule has 0 radical (unpaired) electrons. The van der Waals surface area contributed by atoms with Crippen LogP contribution in [0.4, 0.5) is 5.69 Å². The van der Waals surface area contributed by atoms with E-state index in [1.165, 1.54) is 17.3 Å². The van der Waals surface area contributed by atoms with Crippen molar-refractivity contribution in [3.8, 4) is 0 Å². The number of fused-ring (bicyclic) bond motifs is 1. The molecule has 0 fully saturated rings. The first-order valence-corrected chi connectivity index (χ1v) is 5.58. The molecule has 0 unspecified atom stereocenters. The predicted molar refractivity (Wildman–Crippen MR) is 66.6 cm³/mol. The number of rotatable bonds is 1. The maximum Gasteiger partial charge on any atom is 0.267 e.